The van der Waals surface area contributed by atoms with Crippen LogP contribution in [0, 0.1) is 0 Å². The van der Waals surface area contributed by atoms with Crippen LogP contribution in [0.25, 0.3) is 0 Å². The summed E-state index contributed by atoms with van der Waals surface area (Å²) >= 11 is 0. The highest BCUT2D eigenvalue weighted by Crippen LogP contribution is 2.43. The SMILES string of the molecule is CC/C=C\C/C=C\C/C=C\C/C=C\C/C=C\CCCCCCCCCCCCCCCCCCCC(=O)OC(COC(=O)CCCC/C=C\C/C=C\C/C=C\C/C=C\CC)COP(=O)(O)OCC[N+](C)(C)C. The molecule has 0 bridgehead atoms. The number of phosphoric ester groups is 1. The summed E-state index contributed by atoms with van der Waals surface area (Å²) in [5.41, 5.74) is 0. The van der Waals surface area contributed by atoms with Crippen LogP contribution < -0.4 is 0 Å². The van der Waals surface area contributed by atoms with E-state index >= 15 is 0 Å². The van der Waals surface area contributed by atoms with Crippen LogP contribution in [0.4, 0.5) is 0 Å². The van der Waals surface area contributed by atoms with Crippen LogP contribution in [0.15, 0.2) is 109 Å². The summed E-state index contributed by atoms with van der Waals surface area (Å²) in [4.78, 5) is 35.6. The molecule has 10 heteroatoms. The maximum Gasteiger partial charge on any atom is 0.472 e. The molecule has 9 nitrogen and oxygen atoms in total. The predicted octanol–water partition coefficient (Wildman–Crippen LogP) is 17.8. The van der Waals surface area contributed by atoms with E-state index in [2.05, 4.69) is 123 Å². The molecule has 72 heavy (non-hydrogen) atoms. The molecule has 0 aromatic rings. The number of phosphoric acid groups is 1. The Morgan fingerprint density at radius 3 is 1.14 bits per heavy atom. The number of quaternary nitrogens is 1. The Balaban J connectivity index is 4.10. The molecule has 0 aromatic heterocycles. The van der Waals surface area contributed by atoms with Gasteiger partial charge in [-0.15, -0.1) is 0 Å². The zero-order valence-corrected chi connectivity index (χ0v) is 47.5. The fourth-order valence-electron chi connectivity index (χ4n) is 7.44. The van der Waals surface area contributed by atoms with Crippen LogP contribution >= 0.6 is 7.82 Å². The third kappa shape index (κ3) is 56.0. The quantitative estimate of drug-likeness (QED) is 0.0211. The fourth-order valence-corrected chi connectivity index (χ4v) is 8.19. The van der Waals surface area contributed by atoms with Gasteiger partial charge in [-0.25, -0.2) is 4.57 Å². The number of likely N-dealkylation sites (N-methyl/N-ethyl adjacent to an activating group) is 1. The van der Waals surface area contributed by atoms with Crippen molar-refractivity contribution in [3.05, 3.63) is 109 Å². The van der Waals surface area contributed by atoms with Crippen molar-refractivity contribution in [3.8, 4) is 0 Å². The summed E-state index contributed by atoms with van der Waals surface area (Å²) < 4.78 is 34.5. The number of esters is 2. The molecule has 0 aliphatic heterocycles. The highest BCUT2D eigenvalue weighted by Gasteiger charge is 2.27. The molecule has 412 valence electrons. The maximum absolute atomic E-state index is 12.8. The highest BCUT2D eigenvalue weighted by atomic mass is 31.2. The first-order valence-corrected chi connectivity index (χ1v) is 30.1. The Kier molecular flexibility index (Phi) is 50.1. The van der Waals surface area contributed by atoms with Crippen molar-refractivity contribution in [1.82, 2.24) is 0 Å². The summed E-state index contributed by atoms with van der Waals surface area (Å²) in [5.74, 6) is -0.849. The number of carbonyl (C=O) groups excluding carboxylic acids is 2. The molecule has 0 saturated carbocycles. The molecule has 0 spiro atoms. The second-order valence-corrected chi connectivity index (χ2v) is 21.4. The van der Waals surface area contributed by atoms with Gasteiger partial charge in [0.2, 0.25) is 0 Å². The van der Waals surface area contributed by atoms with E-state index in [-0.39, 0.29) is 26.1 Å². The monoisotopic (exact) mass is 1020 g/mol. The van der Waals surface area contributed by atoms with E-state index in [1.807, 2.05) is 21.1 Å². The van der Waals surface area contributed by atoms with E-state index in [0.717, 1.165) is 89.9 Å². The van der Waals surface area contributed by atoms with Gasteiger partial charge in [0.25, 0.3) is 0 Å². The van der Waals surface area contributed by atoms with Crippen molar-refractivity contribution >= 4 is 19.8 Å². The summed E-state index contributed by atoms with van der Waals surface area (Å²) in [7, 11) is 1.44. The first-order chi connectivity index (χ1) is 35.0. The number of unbranched alkanes of at least 4 members (excludes halogenated alkanes) is 19. The van der Waals surface area contributed by atoms with E-state index in [4.69, 9.17) is 18.5 Å². The summed E-state index contributed by atoms with van der Waals surface area (Å²) in [6.45, 7) is 4.15. The fraction of sp³-hybridized carbons (Fsp3) is 0.677. The smallest absolute Gasteiger partial charge is 0.462 e. The van der Waals surface area contributed by atoms with Gasteiger partial charge in [0.05, 0.1) is 27.7 Å². The first-order valence-electron chi connectivity index (χ1n) is 28.6. The molecule has 0 aromatic carbocycles. The van der Waals surface area contributed by atoms with Crippen LogP contribution in [-0.2, 0) is 32.7 Å². The van der Waals surface area contributed by atoms with Gasteiger partial charge in [0.15, 0.2) is 6.10 Å². The molecule has 2 unspecified atom stereocenters. The topological polar surface area (TPSA) is 108 Å². The standard InChI is InChI=1S/C62H106NO8P/c1-6-8-10-12-14-16-18-20-22-23-24-25-26-27-28-29-30-31-32-33-34-35-36-37-38-39-41-43-45-47-49-51-53-55-62(65)71-60(59-70-72(66,67)69-57-56-63(3,4)5)58-68-61(64)54-52-50-48-46-44-42-40-21-19-17-15-13-11-9-7-2/h8-11,14-17,20-22,24-25,27-28,40,44,46,60H,6-7,12-13,18-19,23,26,29-39,41-43,45,47-59H2,1-5H3/p+1/b10-8-,11-9-,16-14-,17-15-,22-20-,25-24-,28-27-,40-21-,46-44-. The van der Waals surface area contributed by atoms with Gasteiger partial charge in [-0.05, 0) is 96.3 Å². The predicted molar refractivity (Wildman–Crippen MR) is 307 cm³/mol. The lowest BCUT2D eigenvalue weighted by molar-refractivity contribution is -0.870. The second-order valence-electron chi connectivity index (χ2n) is 19.9. The molecular formula is C62H107NO8P+. The van der Waals surface area contributed by atoms with Crippen molar-refractivity contribution in [3.63, 3.8) is 0 Å². The zero-order valence-electron chi connectivity index (χ0n) is 46.6. The molecule has 0 radical (unpaired) electrons. The Bertz CT molecular complexity index is 1580. The molecule has 0 heterocycles. The van der Waals surface area contributed by atoms with E-state index in [1.54, 1.807) is 0 Å². The number of ether oxygens (including phenoxy) is 2. The van der Waals surface area contributed by atoms with Crippen molar-refractivity contribution in [1.29, 1.82) is 0 Å². The lowest BCUT2D eigenvalue weighted by atomic mass is 10.0. The number of allylic oxidation sites excluding steroid dienone is 18. The second kappa shape index (κ2) is 52.5. The Labute approximate surface area is 442 Å². The number of hydrogen-bond acceptors (Lipinski definition) is 7. The molecule has 0 amide bonds. The summed E-state index contributed by atoms with van der Waals surface area (Å²) in [6.07, 6.45) is 73.2. The van der Waals surface area contributed by atoms with Crippen LogP contribution in [0.2, 0.25) is 0 Å². The lowest BCUT2D eigenvalue weighted by Gasteiger charge is -2.24. The number of nitrogens with zero attached hydrogens (tertiary/aromatic N) is 1. The van der Waals surface area contributed by atoms with Gasteiger partial charge in [-0.1, -0.05) is 220 Å². The molecule has 0 aliphatic carbocycles. The van der Waals surface area contributed by atoms with E-state index < -0.39 is 32.5 Å². The van der Waals surface area contributed by atoms with Gasteiger partial charge >= 0.3 is 19.8 Å². The Hall–Kier alpha value is -3.33. The number of rotatable bonds is 51. The van der Waals surface area contributed by atoms with Crippen molar-refractivity contribution in [2.24, 2.45) is 0 Å². The van der Waals surface area contributed by atoms with E-state index in [1.165, 1.54) is 89.9 Å². The summed E-state index contributed by atoms with van der Waals surface area (Å²) in [5, 5.41) is 0. The average molecular weight is 1030 g/mol. The number of hydrogen-bond donors (Lipinski definition) is 1. The van der Waals surface area contributed by atoms with Crippen LogP contribution in [0.3, 0.4) is 0 Å². The highest BCUT2D eigenvalue weighted by molar-refractivity contribution is 7.47. The largest absolute Gasteiger partial charge is 0.472 e. The lowest BCUT2D eigenvalue weighted by Crippen LogP contribution is -2.37. The van der Waals surface area contributed by atoms with Crippen LogP contribution in [0.5, 0.6) is 0 Å². The van der Waals surface area contributed by atoms with Crippen LogP contribution in [-0.4, -0.2) is 74.9 Å². The molecule has 0 aliphatic rings. The van der Waals surface area contributed by atoms with Gasteiger partial charge < -0.3 is 18.9 Å². The third-order valence-corrected chi connectivity index (χ3v) is 12.8. The summed E-state index contributed by atoms with van der Waals surface area (Å²) in [6, 6.07) is 0. The van der Waals surface area contributed by atoms with Crippen molar-refractivity contribution in [2.75, 3.05) is 47.5 Å². The minimum Gasteiger partial charge on any atom is -0.462 e. The van der Waals surface area contributed by atoms with E-state index in [0.29, 0.717) is 23.9 Å². The Morgan fingerprint density at radius 2 is 0.750 bits per heavy atom. The molecular weight excluding hydrogens is 918 g/mol. The Morgan fingerprint density at radius 1 is 0.431 bits per heavy atom. The molecule has 2 atom stereocenters. The van der Waals surface area contributed by atoms with Crippen molar-refractivity contribution < 1.29 is 42.1 Å². The minimum atomic E-state index is -4.40. The van der Waals surface area contributed by atoms with Gasteiger partial charge in [-0.3, -0.25) is 18.6 Å². The average Bonchev–Trinajstić information content (AvgIpc) is 3.34. The molecule has 1 N–H and O–H groups in total. The van der Waals surface area contributed by atoms with Gasteiger partial charge in [0.1, 0.15) is 19.8 Å². The van der Waals surface area contributed by atoms with Gasteiger partial charge in [-0.2, -0.15) is 0 Å². The van der Waals surface area contributed by atoms with E-state index in [9.17, 15) is 19.0 Å². The zero-order chi connectivity index (χ0) is 52.7. The third-order valence-electron chi connectivity index (χ3n) is 11.8. The molecule has 0 rings (SSSR count). The molecule has 0 fully saturated rings. The minimum absolute atomic E-state index is 0.0208. The maximum atomic E-state index is 12.8. The van der Waals surface area contributed by atoms with Gasteiger partial charge in [0, 0.05) is 12.8 Å². The number of carbonyl (C=O) groups is 2. The van der Waals surface area contributed by atoms with Crippen LogP contribution in [0.1, 0.15) is 219 Å². The van der Waals surface area contributed by atoms with Crippen molar-refractivity contribution in [2.45, 2.75) is 225 Å². The molecule has 0 saturated heterocycles. The first kappa shape index (κ1) is 68.7. The normalized spacial score (nSPS) is 14.1.